The maximum Gasteiger partial charge on any atom is 0.417 e. The Kier molecular flexibility index (Phi) is 3.70. The summed E-state index contributed by atoms with van der Waals surface area (Å²) >= 11 is 5.63. The van der Waals surface area contributed by atoms with Gasteiger partial charge in [-0.05, 0) is 58.5 Å². The lowest BCUT2D eigenvalue weighted by molar-refractivity contribution is 0.219. The van der Waals surface area contributed by atoms with E-state index in [4.69, 9.17) is 4.42 Å². The summed E-state index contributed by atoms with van der Waals surface area (Å²) in [6, 6.07) is 10.9. The number of aliphatic hydroxyl groups excluding tert-OH is 1. The Labute approximate surface area is 136 Å². The summed E-state index contributed by atoms with van der Waals surface area (Å²) in [5.41, 5.74) is 2.50. The first-order chi connectivity index (χ1) is 9.54. The van der Waals surface area contributed by atoms with Crippen LogP contribution in [0.3, 0.4) is 0 Å². The number of hydrogen-bond acceptors (Lipinski definition) is 3. The molecule has 3 aromatic rings. The van der Waals surface area contributed by atoms with Crippen molar-refractivity contribution in [3.8, 4) is 0 Å². The average Bonchev–Trinajstić information content (AvgIpc) is 2.79. The quantitative estimate of drug-likeness (QED) is 0.592. The van der Waals surface area contributed by atoms with Crippen LogP contribution in [-0.2, 0) is 0 Å². The van der Waals surface area contributed by atoms with Crippen LogP contribution in [0.1, 0.15) is 17.2 Å². The van der Waals surface area contributed by atoms with E-state index in [1.54, 1.807) is 18.2 Å². The molecule has 0 amide bonds. The summed E-state index contributed by atoms with van der Waals surface area (Å²) in [6.45, 7) is 0. The molecule has 1 aromatic heterocycles. The molecular formula is C14H9BrINO3. The van der Waals surface area contributed by atoms with Crippen LogP contribution in [0.2, 0.25) is 0 Å². The second-order valence-corrected chi connectivity index (χ2v) is 6.44. The first-order valence-corrected chi connectivity index (χ1v) is 7.67. The molecule has 4 nitrogen and oxygen atoms in total. The summed E-state index contributed by atoms with van der Waals surface area (Å²) in [5.74, 6) is -0.498. The van der Waals surface area contributed by atoms with Crippen LogP contribution in [0, 0.1) is 3.57 Å². The molecule has 2 aromatic carbocycles. The zero-order valence-electron chi connectivity index (χ0n) is 10.1. The molecule has 0 fully saturated rings. The van der Waals surface area contributed by atoms with Crippen molar-refractivity contribution in [2.24, 2.45) is 0 Å². The molecule has 1 heterocycles. The van der Waals surface area contributed by atoms with Crippen LogP contribution >= 0.6 is 38.5 Å². The van der Waals surface area contributed by atoms with Gasteiger partial charge in [-0.2, -0.15) is 0 Å². The molecule has 0 saturated carbocycles. The molecule has 0 saturated heterocycles. The minimum atomic E-state index is -0.788. The molecule has 102 valence electrons. The molecule has 0 radical (unpaired) electrons. The number of oxazole rings is 1. The number of H-pyrrole nitrogens is 1. The lowest BCUT2D eigenvalue weighted by Crippen LogP contribution is -2.01. The second kappa shape index (κ2) is 5.34. The predicted molar refractivity (Wildman–Crippen MR) is 87.8 cm³/mol. The molecule has 1 atom stereocenters. The Morgan fingerprint density at radius 1 is 1.25 bits per heavy atom. The topological polar surface area (TPSA) is 66.2 Å². The lowest BCUT2D eigenvalue weighted by atomic mass is 10.0. The second-order valence-electron chi connectivity index (χ2n) is 4.34. The van der Waals surface area contributed by atoms with Gasteiger partial charge in [0.25, 0.3) is 0 Å². The molecule has 1 unspecified atom stereocenters. The summed E-state index contributed by atoms with van der Waals surface area (Å²) in [5, 5.41) is 10.5. The number of rotatable bonds is 2. The zero-order chi connectivity index (χ0) is 14.3. The highest BCUT2D eigenvalue weighted by Crippen LogP contribution is 2.31. The van der Waals surface area contributed by atoms with Crippen LogP contribution in [0.25, 0.3) is 11.1 Å². The van der Waals surface area contributed by atoms with Gasteiger partial charge in [0, 0.05) is 13.6 Å². The number of aromatic nitrogens is 1. The number of nitrogens with one attached hydrogen (secondary N) is 1. The maximum absolute atomic E-state index is 11.1. The minimum Gasteiger partial charge on any atom is -0.408 e. The van der Waals surface area contributed by atoms with Gasteiger partial charge < -0.3 is 9.52 Å². The third kappa shape index (κ3) is 2.55. The molecular weight excluding hydrogens is 437 g/mol. The van der Waals surface area contributed by atoms with Gasteiger partial charge in [-0.1, -0.05) is 22.0 Å². The van der Waals surface area contributed by atoms with Crippen molar-refractivity contribution in [2.45, 2.75) is 6.10 Å². The Hall–Kier alpha value is -1.12. The van der Waals surface area contributed by atoms with E-state index in [1.165, 1.54) is 0 Å². The van der Waals surface area contributed by atoms with Crippen molar-refractivity contribution < 1.29 is 9.52 Å². The van der Waals surface area contributed by atoms with E-state index in [0.717, 1.165) is 13.6 Å². The van der Waals surface area contributed by atoms with Crippen LogP contribution < -0.4 is 5.76 Å². The van der Waals surface area contributed by atoms with Crippen LogP contribution in [0.4, 0.5) is 0 Å². The predicted octanol–water partition coefficient (Wildman–Crippen LogP) is 3.57. The highest BCUT2D eigenvalue weighted by Gasteiger charge is 2.15. The highest BCUT2D eigenvalue weighted by atomic mass is 127. The fraction of sp³-hybridized carbons (Fsp3) is 0.0714. The van der Waals surface area contributed by atoms with Crippen LogP contribution in [0.15, 0.2) is 50.1 Å². The van der Waals surface area contributed by atoms with E-state index in [-0.39, 0.29) is 0 Å². The zero-order valence-corrected chi connectivity index (χ0v) is 13.8. The molecule has 0 bridgehead atoms. The van der Waals surface area contributed by atoms with E-state index in [1.807, 2.05) is 18.2 Å². The molecule has 0 aliphatic carbocycles. The van der Waals surface area contributed by atoms with Crippen molar-refractivity contribution in [3.05, 3.63) is 66.1 Å². The van der Waals surface area contributed by atoms with E-state index < -0.39 is 11.9 Å². The number of fused-ring (bicyclic) bond motifs is 1. The van der Waals surface area contributed by atoms with Gasteiger partial charge in [-0.15, -0.1) is 0 Å². The monoisotopic (exact) mass is 445 g/mol. The molecule has 6 heteroatoms. The van der Waals surface area contributed by atoms with Gasteiger partial charge in [-0.25, -0.2) is 4.79 Å². The number of benzene rings is 2. The molecule has 0 aliphatic heterocycles. The molecule has 20 heavy (non-hydrogen) atoms. The Morgan fingerprint density at radius 2 is 2.05 bits per heavy atom. The summed E-state index contributed by atoms with van der Waals surface area (Å²) in [4.78, 5) is 13.7. The maximum atomic E-state index is 11.1. The fourth-order valence-corrected chi connectivity index (χ4v) is 3.01. The van der Waals surface area contributed by atoms with Crippen molar-refractivity contribution in [2.75, 3.05) is 0 Å². The third-order valence-electron chi connectivity index (χ3n) is 3.01. The van der Waals surface area contributed by atoms with Gasteiger partial charge in [-0.3, -0.25) is 4.98 Å². The number of halogens is 2. The number of aromatic amines is 1. The molecule has 0 spiro atoms. The molecule has 3 rings (SSSR count). The highest BCUT2D eigenvalue weighted by molar-refractivity contribution is 14.1. The minimum absolute atomic E-state index is 0.438. The van der Waals surface area contributed by atoms with Crippen LogP contribution in [0.5, 0.6) is 0 Å². The van der Waals surface area contributed by atoms with Crippen LogP contribution in [-0.4, -0.2) is 10.1 Å². The van der Waals surface area contributed by atoms with Gasteiger partial charge >= 0.3 is 5.76 Å². The Bertz CT molecular complexity index is 840. The summed E-state index contributed by atoms with van der Waals surface area (Å²) < 4.78 is 6.88. The fourth-order valence-electron chi connectivity index (χ4n) is 2.04. The van der Waals surface area contributed by atoms with E-state index >= 15 is 0 Å². The van der Waals surface area contributed by atoms with E-state index in [2.05, 4.69) is 43.5 Å². The number of hydrogen-bond donors (Lipinski definition) is 2. The Morgan fingerprint density at radius 3 is 2.85 bits per heavy atom. The van der Waals surface area contributed by atoms with Crippen molar-refractivity contribution in [1.82, 2.24) is 4.98 Å². The molecule has 2 N–H and O–H groups in total. The van der Waals surface area contributed by atoms with Gasteiger partial charge in [0.2, 0.25) is 0 Å². The largest absolute Gasteiger partial charge is 0.417 e. The number of aliphatic hydroxyl groups is 1. The third-order valence-corrected chi connectivity index (χ3v) is 4.41. The van der Waals surface area contributed by atoms with E-state index in [9.17, 15) is 9.90 Å². The standard InChI is InChI=1S/C14H9BrINO3/c15-10-3-2-8(16)6-9(10)13(18)7-1-4-11-12(5-7)20-14(19)17-11/h1-6,13,18H,(H,17,19). The van der Waals surface area contributed by atoms with Crippen molar-refractivity contribution in [3.63, 3.8) is 0 Å². The summed E-state index contributed by atoms with van der Waals surface area (Å²) in [6.07, 6.45) is -0.788. The van der Waals surface area contributed by atoms with Gasteiger partial charge in [0.05, 0.1) is 5.52 Å². The first kappa shape index (κ1) is 13.8. The van der Waals surface area contributed by atoms with Crippen molar-refractivity contribution >= 4 is 49.6 Å². The van der Waals surface area contributed by atoms with E-state index in [0.29, 0.717) is 16.7 Å². The van der Waals surface area contributed by atoms with Gasteiger partial charge in [0.1, 0.15) is 6.10 Å². The lowest BCUT2D eigenvalue weighted by Gasteiger charge is -2.13. The smallest absolute Gasteiger partial charge is 0.408 e. The SMILES string of the molecule is O=c1[nH]c2ccc(C(O)c3cc(I)ccc3Br)cc2o1. The Balaban J connectivity index is 2.09. The first-order valence-electron chi connectivity index (χ1n) is 5.80. The summed E-state index contributed by atoms with van der Waals surface area (Å²) in [7, 11) is 0. The average molecular weight is 446 g/mol. The normalized spacial score (nSPS) is 12.8. The van der Waals surface area contributed by atoms with Gasteiger partial charge in [0.15, 0.2) is 5.58 Å². The molecule has 0 aliphatic rings. The van der Waals surface area contributed by atoms with Crippen molar-refractivity contribution in [1.29, 1.82) is 0 Å².